The summed E-state index contributed by atoms with van der Waals surface area (Å²) in [4.78, 5) is 11.1. The number of aliphatic carboxylic acids is 1. The molecule has 0 spiro atoms. The molecule has 76 valence electrons. The van der Waals surface area contributed by atoms with Crippen LogP contribution in [0.1, 0.15) is 33.1 Å². The van der Waals surface area contributed by atoms with Crippen LogP contribution in [0.2, 0.25) is 0 Å². The Morgan fingerprint density at radius 1 is 1.62 bits per heavy atom. The first-order valence-electron chi connectivity index (χ1n) is 4.85. The van der Waals surface area contributed by atoms with Gasteiger partial charge in [-0.3, -0.25) is 4.79 Å². The van der Waals surface area contributed by atoms with Crippen LogP contribution in [0.25, 0.3) is 0 Å². The number of hydrogen-bond acceptors (Lipinski definition) is 2. The molecule has 0 aliphatic heterocycles. The lowest BCUT2D eigenvalue weighted by Gasteiger charge is -2.27. The summed E-state index contributed by atoms with van der Waals surface area (Å²) in [6.07, 6.45) is 2.64. The molecule has 0 bridgehead atoms. The van der Waals surface area contributed by atoms with Crippen LogP contribution in [-0.4, -0.2) is 22.8 Å². The Morgan fingerprint density at radius 2 is 2.15 bits per heavy atom. The van der Waals surface area contributed by atoms with Crippen LogP contribution in [0.5, 0.6) is 0 Å². The first-order valence-corrected chi connectivity index (χ1v) is 4.85. The highest BCUT2D eigenvalue weighted by Gasteiger charge is 2.47. The molecule has 2 atom stereocenters. The first-order chi connectivity index (χ1) is 6.00. The number of carbonyl (C=O) groups is 1. The van der Waals surface area contributed by atoms with Gasteiger partial charge in [0.2, 0.25) is 0 Å². The lowest BCUT2D eigenvalue weighted by Crippen LogP contribution is -2.32. The van der Waals surface area contributed by atoms with Gasteiger partial charge in [0.05, 0.1) is 5.41 Å². The van der Waals surface area contributed by atoms with Gasteiger partial charge in [0.25, 0.3) is 0 Å². The molecule has 1 aliphatic carbocycles. The van der Waals surface area contributed by atoms with Gasteiger partial charge in [0.1, 0.15) is 0 Å². The molecule has 0 radical (unpaired) electrons. The average Bonchev–Trinajstić information content (AvgIpc) is 2.85. The summed E-state index contributed by atoms with van der Waals surface area (Å²) in [6.45, 7) is 3.78. The monoisotopic (exact) mass is 186 g/mol. The molecule has 0 aromatic carbocycles. The van der Waals surface area contributed by atoms with Gasteiger partial charge in [0, 0.05) is 6.61 Å². The van der Waals surface area contributed by atoms with E-state index in [9.17, 15) is 4.79 Å². The molecule has 0 saturated heterocycles. The fraction of sp³-hybridized carbons (Fsp3) is 0.900. The Kier molecular flexibility index (Phi) is 2.96. The zero-order valence-electron chi connectivity index (χ0n) is 8.29. The summed E-state index contributed by atoms with van der Waals surface area (Å²) in [5.74, 6) is -0.295. The smallest absolute Gasteiger partial charge is 0.309 e. The van der Waals surface area contributed by atoms with Crippen LogP contribution in [0.15, 0.2) is 0 Å². The molecule has 1 saturated carbocycles. The highest BCUT2D eigenvalue weighted by molar-refractivity contribution is 5.75. The zero-order valence-corrected chi connectivity index (χ0v) is 8.29. The first kappa shape index (κ1) is 10.5. The summed E-state index contributed by atoms with van der Waals surface area (Å²) in [5, 5.41) is 18.0. The Hall–Kier alpha value is -0.570. The van der Waals surface area contributed by atoms with Crippen LogP contribution in [0.4, 0.5) is 0 Å². The second-order valence-electron chi connectivity index (χ2n) is 4.49. The predicted octanol–water partition coefficient (Wildman–Crippen LogP) is 1.51. The quantitative estimate of drug-likeness (QED) is 0.684. The van der Waals surface area contributed by atoms with E-state index >= 15 is 0 Å². The van der Waals surface area contributed by atoms with Crippen molar-refractivity contribution in [3.8, 4) is 0 Å². The van der Waals surface area contributed by atoms with Crippen LogP contribution in [0.3, 0.4) is 0 Å². The molecule has 1 fully saturated rings. The molecule has 13 heavy (non-hydrogen) atoms. The van der Waals surface area contributed by atoms with E-state index in [1.807, 2.05) is 6.92 Å². The van der Waals surface area contributed by atoms with E-state index < -0.39 is 11.4 Å². The van der Waals surface area contributed by atoms with E-state index in [1.165, 1.54) is 0 Å². The van der Waals surface area contributed by atoms with E-state index in [2.05, 4.69) is 0 Å². The number of rotatable bonds is 5. The van der Waals surface area contributed by atoms with Crippen molar-refractivity contribution in [3.05, 3.63) is 0 Å². The summed E-state index contributed by atoms with van der Waals surface area (Å²) in [5.41, 5.74) is -0.609. The second-order valence-corrected chi connectivity index (χ2v) is 4.49. The molecule has 0 aromatic heterocycles. The minimum atomic E-state index is -0.713. The minimum absolute atomic E-state index is 0.0790. The van der Waals surface area contributed by atoms with Gasteiger partial charge in [-0.15, -0.1) is 0 Å². The zero-order chi connectivity index (χ0) is 10.1. The topological polar surface area (TPSA) is 57.5 Å². The van der Waals surface area contributed by atoms with Crippen LogP contribution in [0, 0.1) is 17.3 Å². The summed E-state index contributed by atoms with van der Waals surface area (Å²) in [7, 11) is 0. The Bertz CT molecular complexity index is 198. The molecule has 0 aromatic rings. The largest absolute Gasteiger partial charge is 0.481 e. The predicted molar refractivity (Wildman–Crippen MR) is 49.3 cm³/mol. The van der Waals surface area contributed by atoms with Crippen molar-refractivity contribution in [1.29, 1.82) is 0 Å². The van der Waals surface area contributed by atoms with Gasteiger partial charge in [-0.1, -0.05) is 6.92 Å². The molecule has 3 nitrogen and oxygen atoms in total. The van der Waals surface area contributed by atoms with Crippen molar-refractivity contribution < 1.29 is 15.0 Å². The lowest BCUT2D eigenvalue weighted by molar-refractivity contribution is -0.150. The molecule has 0 heterocycles. The third-order valence-corrected chi connectivity index (χ3v) is 3.05. The number of carboxylic acid groups (broad SMARTS) is 1. The maximum atomic E-state index is 11.1. The maximum Gasteiger partial charge on any atom is 0.309 e. The van der Waals surface area contributed by atoms with Crippen LogP contribution >= 0.6 is 0 Å². The highest BCUT2D eigenvalue weighted by atomic mass is 16.4. The van der Waals surface area contributed by atoms with Crippen molar-refractivity contribution in [2.45, 2.75) is 33.1 Å². The minimum Gasteiger partial charge on any atom is -0.481 e. The normalized spacial score (nSPS) is 23.6. The van der Waals surface area contributed by atoms with E-state index in [0.29, 0.717) is 12.3 Å². The summed E-state index contributed by atoms with van der Waals surface area (Å²) in [6, 6.07) is 0. The van der Waals surface area contributed by atoms with E-state index in [0.717, 1.165) is 12.8 Å². The standard InChI is InChI=1S/C10H18O3/c1-7(6-11)5-10(2,9(12)13)8-3-4-8/h7-8,11H,3-6H2,1-2H3,(H,12,13). The SMILES string of the molecule is CC(CO)CC(C)(C(=O)O)C1CC1. The van der Waals surface area contributed by atoms with Crippen molar-refractivity contribution in [2.75, 3.05) is 6.61 Å². The second kappa shape index (κ2) is 3.66. The Labute approximate surface area is 78.8 Å². The van der Waals surface area contributed by atoms with E-state index in [1.54, 1.807) is 6.92 Å². The Balaban J connectivity index is 2.61. The number of aliphatic hydroxyl groups excluding tert-OH is 1. The average molecular weight is 186 g/mol. The third-order valence-electron chi connectivity index (χ3n) is 3.05. The van der Waals surface area contributed by atoms with Gasteiger partial charge >= 0.3 is 5.97 Å². The summed E-state index contributed by atoms with van der Waals surface area (Å²) >= 11 is 0. The maximum absolute atomic E-state index is 11.1. The van der Waals surface area contributed by atoms with Crippen molar-refractivity contribution in [3.63, 3.8) is 0 Å². The van der Waals surface area contributed by atoms with Gasteiger partial charge in [0.15, 0.2) is 0 Å². The van der Waals surface area contributed by atoms with Gasteiger partial charge < -0.3 is 10.2 Å². The van der Waals surface area contributed by atoms with Gasteiger partial charge in [-0.2, -0.15) is 0 Å². The molecule has 1 rings (SSSR count). The fourth-order valence-electron chi connectivity index (χ4n) is 1.94. The molecule has 3 heteroatoms. The number of carboxylic acids is 1. The fourth-order valence-corrected chi connectivity index (χ4v) is 1.94. The lowest BCUT2D eigenvalue weighted by atomic mass is 9.77. The van der Waals surface area contributed by atoms with Crippen molar-refractivity contribution in [1.82, 2.24) is 0 Å². The third kappa shape index (κ3) is 2.21. The van der Waals surface area contributed by atoms with Crippen molar-refractivity contribution >= 4 is 5.97 Å². The number of hydrogen-bond donors (Lipinski definition) is 2. The van der Waals surface area contributed by atoms with E-state index in [-0.39, 0.29) is 12.5 Å². The van der Waals surface area contributed by atoms with Gasteiger partial charge in [-0.25, -0.2) is 0 Å². The van der Waals surface area contributed by atoms with Crippen LogP contribution < -0.4 is 0 Å². The molecule has 2 N–H and O–H groups in total. The molecule has 2 unspecified atom stereocenters. The van der Waals surface area contributed by atoms with Gasteiger partial charge in [-0.05, 0) is 38.0 Å². The highest BCUT2D eigenvalue weighted by Crippen LogP contribution is 2.49. The van der Waals surface area contributed by atoms with E-state index in [4.69, 9.17) is 10.2 Å². The van der Waals surface area contributed by atoms with Crippen LogP contribution in [-0.2, 0) is 4.79 Å². The number of aliphatic hydroxyl groups is 1. The molecular weight excluding hydrogens is 168 g/mol. The van der Waals surface area contributed by atoms with Crippen molar-refractivity contribution in [2.24, 2.45) is 17.3 Å². The summed E-state index contributed by atoms with van der Waals surface area (Å²) < 4.78 is 0. The molecule has 1 aliphatic rings. The Morgan fingerprint density at radius 3 is 2.46 bits per heavy atom. The molecular formula is C10H18O3. The molecule has 0 amide bonds.